The van der Waals surface area contributed by atoms with Crippen molar-refractivity contribution in [3.05, 3.63) is 168 Å². The van der Waals surface area contributed by atoms with Crippen molar-refractivity contribution in [1.29, 1.82) is 0 Å². The van der Waals surface area contributed by atoms with Gasteiger partial charge in [0.2, 0.25) is 0 Å². The molecule has 5 rings (SSSR count). The number of hydrogen-bond donors (Lipinski definition) is 0. The van der Waals surface area contributed by atoms with Gasteiger partial charge in [0.15, 0.2) is 0 Å². The molecule has 5 aromatic carbocycles. The van der Waals surface area contributed by atoms with Gasteiger partial charge in [0.05, 0.1) is 0 Å². The maximum absolute atomic E-state index is 6.37. The first-order chi connectivity index (χ1) is 18.9. The van der Waals surface area contributed by atoms with Crippen LogP contribution in [-0.2, 0) is 8.85 Å². The Balaban J connectivity index is 1.23. The molecule has 4 heteroatoms. The van der Waals surface area contributed by atoms with Gasteiger partial charge in [-0.25, -0.2) is 0 Å². The lowest BCUT2D eigenvalue weighted by atomic mass is 9.92. The fourth-order valence-corrected chi connectivity index (χ4v) is 6.41. The Morgan fingerprint density at radius 1 is 0.368 bits per heavy atom. The molecule has 0 aliphatic carbocycles. The van der Waals surface area contributed by atoms with E-state index in [9.17, 15) is 0 Å². The van der Waals surface area contributed by atoms with Crippen molar-refractivity contribution in [1.82, 2.24) is 0 Å². The summed E-state index contributed by atoms with van der Waals surface area (Å²) in [5.41, 5.74) is 5.09. The monoisotopic (exact) mass is 526 g/mol. The third-order valence-electron chi connectivity index (χ3n) is 6.60. The van der Waals surface area contributed by atoms with Crippen molar-refractivity contribution in [3.8, 4) is 0 Å². The van der Waals surface area contributed by atoms with Crippen molar-refractivity contribution >= 4 is 29.9 Å². The summed E-state index contributed by atoms with van der Waals surface area (Å²) in [5.74, 6) is 0.404. The molecule has 0 unspecified atom stereocenters. The molecule has 0 aromatic heterocycles. The molecule has 0 amide bonds. The molecule has 0 atom stereocenters. The second-order valence-corrected chi connectivity index (χ2v) is 11.2. The SMILES string of the molecule is c1ccc(C(CO[Si]c2ccccc2[Si]OCC(c2ccccc2)c2ccccc2)c2ccccc2)cc1. The first-order valence-corrected chi connectivity index (χ1v) is 14.7. The molecule has 0 saturated heterocycles. The van der Waals surface area contributed by atoms with Gasteiger partial charge in [-0.1, -0.05) is 146 Å². The average Bonchev–Trinajstić information content (AvgIpc) is 3.00. The van der Waals surface area contributed by atoms with E-state index >= 15 is 0 Å². The summed E-state index contributed by atoms with van der Waals surface area (Å²) in [7, 11) is 0.529. The highest BCUT2D eigenvalue weighted by molar-refractivity contribution is 6.61. The van der Waals surface area contributed by atoms with E-state index in [4.69, 9.17) is 8.85 Å². The molecule has 0 aliphatic rings. The third kappa shape index (κ3) is 7.06. The van der Waals surface area contributed by atoms with Crippen LogP contribution in [-0.4, -0.2) is 32.7 Å². The van der Waals surface area contributed by atoms with Crippen molar-refractivity contribution in [2.24, 2.45) is 0 Å². The van der Waals surface area contributed by atoms with E-state index < -0.39 is 0 Å². The fraction of sp³-hybridized carbons (Fsp3) is 0.118. The quantitative estimate of drug-likeness (QED) is 0.189. The highest BCUT2D eigenvalue weighted by atomic mass is 28.2. The predicted octanol–water partition coefficient (Wildman–Crippen LogP) is 5.87. The number of rotatable bonds is 12. The van der Waals surface area contributed by atoms with E-state index in [2.05, 4.69) is 146 Å². The standard InChI is InChI=1S/C34H30O2Si2/c1-5-15-27(16-6-1)31(28-17-7-2-8-18-28)25-35-37-33-23-13-14-24-34(33)38-36-26-32(29-19-9-3-10-20-29)30-21-11-4-12-22-30/h1-24,31-32H,25-26H2. The highest BCUT2D eigenvalue weighted by Crippen LogP contribution is 2.25. The molecule has 186 valence electrons. The molecule has 0 heterocycles. The van der Waals surface area contributed by atoms with Crippen LogP contribution in [0.25, 0.3) is 0 Å². The van der Waals surface area contributed by atoms with Crippen LogP contribution in [0.2, 0.25) is 0 Å². The van der Waals surface area contributed by atoms with Crippen LogP contribution in [0, 0.1) is 0 Å². The zero-order valence-corrected chi connectivity index (χ0v) is 23.2. The predicted molar refractivity (Wildman–Crippen MR) is 159 cm³/mol. The Labute approximate surface area is 231 Å². The summed E-state index contributed by atoms with van der Waals surface area (Å²) in [4.78, 5) is 0. The van der Waals surface area contributed by atoms with Gasteiger partial charge in [0.1, 0.15) is 0 Å². The highest BCUT2D eigenvalue weighted by Gasteiger charge is 2.17. The Bertz CT molecular complexity index is 1180. The van der Waals surface area contributed by atoms with Gasteiger partial charge in [0.25, 0.3) is 19.5 Å². The zero-order valence-electron chi connectivity index (χ0n) is 21.2. The van der Waals surface area contributed by atoms with Crippen molar-refractivity contribution < 1.29 is 8.85 Å². The average molecular weight is 527 g/mol. The van der Waals surface area contributed by atoms with Gasteiger partial charge in [0, 0.05) is 25.0 Å². The number of hydrogen-bond acceptors (Lipinski definition) is 2. The minimum Gasteiger partial charge on any atom is -0.410 e. The van der Waals surface area contributed by atoms with E-state index in [1.54, 1.807) is 0 Å². The maximum Gasteiger partial charge on any atom is 0.268 e. The molecule has 0 saturated carbocycles. The lowest BCUT2D eigenvalue weighted by molar-refractivity contribution is 0.323. The molecule has 0 N–H and O–H groups in total. The van der Waals surface area contributed by atoms with Crippen LogP contribution < -0.4 is 10.4 Å². The molecule has 0 aliphatic heterocycles. The Hall–Kier alpha value is -3.55. The molecule has 5 aromatic rings. The number of benzene rings is 5. The summed E-state index contributed by atoms with van der Waals surface area (Å²) in [6, 6.07) is 51.0. The van der Waals surface area contributed by atoms with E-state index in [1.807, 2.05) is 0 Å². The van der Waals surface area contributed by atoms with Gasteiger partial charge in [-0.05, 0) is 32.6 Å². The second kappa shape index (κ2) is 13.8. The molecular formula is C34H30O2Si2. The summed E-state index contributed by atoms with van der Waals surface area (Å²) in [6.07, 6.45) is 0. The minimum atomic E-state index is 0.202. The Kier molecular flexibility index (Phi) is 9.50. The minimum absolute atomic E-state index is 0.202. The van der Waals surface area contributed by atoms with Crippen molar-refractivity contribution in [3.63, 3.8) is 0 Å². The van der Waals surface area contributed by atoms with E-state index in [0.29, 0.717) is 13.2 Å². The van der Waals surface area contributed by atoms with E-state index in [1.165, 1.54) is 32.6 Å². The van der Waals surface area contributed by atoms with E-state index in [0.717, 1.165) is 0 Å². The summed E-state index contributed by atoms with van der Waals surface area (Å²) >= 11 is 0. The lowest BCUT2D eigenvalue weighted by Crippen LogP contribution is -2.38. The van der Waals surface area contributed by atoms with Crippen LogP contribution in [0.4, 0.5) is 0 Å². The molecule has 0 bridgehead atoms. The summed E-state index contributed by atoms with van der Waals surface area (Å²) in [6.45, 7) is 1.27. The van der Waals surface area contributed by atoms with Gasteiger partial charge in [-0.15, -0.1) is 0 Å². The molecule has 0 spiro atoms. The summed E-state index contributed by atoms with van der Waals surface area (Å²) in [5, 5.41) is 2.42. The van der Waals surface area contributed by atoms with Crippen molar-refractivity contribution in [2.75, 3.05) is 13.2 Å². The van der Waals surface area contributed by atoms with Gasteiger partial charge in [-0.3, -0.25) is 0 Å². The molecular weight excluding hydrogens is 497 g/mol. The molecule has 0 fully saturated rings. The third-order valence-corrected chi connectivity index (χ3v) is 8.78. The first-order valence-electron chi connectivity index (χ1n) is 12.9. The molecule has 4 radical (unpaired) electrons. The topological polar surface area (TPSA) is 18.5 Å². The van der Waals surface area contributed by atoms with E-state index in [-0.39, 0.29) is 31.4 Å². The first kappa shape index (κ1) is 26.1. The lowest BCUT2D eigenvalue weighted by Gasteiger charge is -2.19. The zero-order chi connectivity index (χ0) is 25.8. The maximum atomic E-state index is 6.37. The van der Waals surface area contributed by atoms with Crippen LogP contribution in [0.1, 0.15) is 34.1 Å². The normalized spacial score (nSPS) is 11.2. The summed E-state index contributed by atoms with van der Waals surface area (Å²) < 4.78 is 12.7. The van der Waals surface area contributed by atoms with Crippen molar-refractivity contribution in [2.45, 2.75) is 11.8 Å². The van der Waals surface area contributed by atoms with Gasteiger partial charge < -0.3 is 8.85 Å². The fourth-order valence-electron chi connectivity index (χ4n) is 4.58. The second-order valence-electron chi connectivity index (χ2n) is 9.12. The van der Waals surface area contributed by atoms with Gasteiger partial charge in [-0.2, -0.15) is 0 Å². The van der Waals surface area contributed by atoms with Gasteiger partial charge >= 0.3 is 0 Å². The van der Waals surface area contributed by atoms with Crippen LogP contribution >= 0.6 is 0 Å². The smallest absolute Gasteiger partial charge is 0.268 e. The van der Waals surface area contributed by atoms with Crippen LogP contribution in [0.3, 0.4) is 0 Å². The van der Waals surface area contributed by atoms with Crippen LogP contribution in [0.15, 0.2) is 146 Å². The molecule has 38 heavy (non-hydrogen) atoms. The molecule has 2 nitrogen and oxygen atoms in total. The Morgan fingerprint density at radius 2 is 0.632 bits per heavy atom. The van der Waals surface area contributed by atoms with Crippen LogP contribution in [0.5, 0.6) is 0 Å². The Morgan fingerprint density at radius 3 is 0.921 bits per heavy atom. The largest absolute Gasteiger partial charge is 0.410 e.